The fourth-order valence-corrected chi connectivity index (χ4v) is 5.97. The molecule has 0 spiro atoms. The van der Waals surface area contributed by atoms with Crippen LogP contribution in [0.1, 0.15) is 76.6 Å². The molecule has 0 atom stereocenters. The topological polar surface area (TPSA) is 61.1 Å². The van der Waals surface area contributed by atoms with Gasteiger partial charge in [0.25, 0.3) is 0 Å². The normalized spacial score (nSPS) is 23.0. The first-order chi connectivity index (χ1) is 15.4. The van der Waals surface area contributed by atoms with E-state index in [2.05, 4.69) is 28.6 Å². The summed E-state index contributed by atoms with van der Waals surface area (Å²) >= 11 is 0. The highest BCUT2D eigenvalue weighted by molar-refractivity contribution is 6.00. The van der Waals surface area contributed by atoms with Crippen LogP contribution in [0.25, 0.3) is 10.9 Å². The fourth-order valence-electron chi connectivity index (χ4n) is 5.97. The second kappa shape index (κ2) is 9.74. The van der Waals surface area contributed by atoms with Gasteiger partial charge in [0.05, 0.1) is 6.54 Å². The molecule has 1 saturated carbocycles. The fraction of sp³-hybridized carbons (Fsp3) is 0.615. The van der Waals surface area contributed by atoms with Crippen LogP contribution in [-0.2, 0) is 11.3 Å². The summed E-state index contributed by atoms with van der Waals surface area (Å²) in [6, 6.07) is 5.85. The van der Waals surface area contributed by atoms with Gasteiger partial charge in [-0.25, -0.2) is 4.39 Å². The molecule has 2 N–H and O–H groups in total. The molecule has 1 saturated heterocycles. The summed E-state index contributed by atoms with van der Waals surface area (Å²) in [6.07, 6.45) is 8.69. The van der Waals surface area contributed by atoms with Gasteiger partial charge >= 0.3 is 0 Å². The Kier molecular flexibility index (Phi) is 6.99. The molecule has 1 amide bonds. The van der Waals surface area contributed by atoms with Crippen LogP contribution < -0.4 is 5.32 Å². The molecule has 1 aliphatic heterocycles. The van der Waals surface area contributed by atoms with Crippen molar-refractivity contribution < 1.29 is 9.18 Å². The molecule has 174 valence electrons. The molecule has 1 aliphatic carbocycles. The van der Waals surface area contributed by atoms with E-state index in [1.807, 2.05) is 6.07 Å². The summed E-state index contributed by atoms with van der Waals surface area (Å²) in [4.78, 5) is 14.3. The van der Waals surface area contributed by atoms with Gasteiger partial charge in [-0.3, -0.25) is 4.79 Å². The van der Waals surface area contributed by atoms with Crippen LogP contribution in [0, 0.1) is 23.1 Å². The van der Waals surface area contributed by atoms with Crippen LogP contribution in [0.2, 0.25) is 0 Å². The van der Waals surface area contributed by atoms with E-state index in [4.69, 9.17) is 5.41 Å². The second-order valence-corrected chi connectivity index (χ2v) is 10.0. The number of aromatic nitrogens is 1. The Morgan fingerprint density at radius 3 is 2.44 bits per heavy atom. The number of nitrogens with one attached hydrogen (secondary N) is 2. The van der Waals surface area contributed by atoms with E-state index in [9.17, 15) is 9.18 Å². The quantitative estimate of drug-likeness (QED) is 0.602. The number of hydrogen-bond donors (Lipinski definition) is 2. The molecule has 1 aromatic heterocycles. The van der Waals surface area contributed by atoms with Crippen molar-refractivity contribution in [2.45, 2.75) is 77.9 Å². The van der Waals surface area contributed by atoms with Gasteiger partial charge in [0.2, 0.25) is 5.91 Å². The lowest BCUT2D eigenvalue weighted by atomic mass is 9.79. The zero-order chi connectivity index (χ0) is 22.8. The van der Waals surface area contributed by atoms with Gasteiger partial charge < -0.3 is 20.2 Å². The lowest BCUT2D eigenvalue weighted by Gasteiger charge is -2.42. The average molecular weight is 441 g/mol. The molecule has 32 heavy (non-hydrogen) atoms. The van der Waals surface area contributed by atoms with Gasteiger partial charge in [-0.2, -0.15) is 0 Å². The van der Waals surface area contributed by atoms with Crippen LogP contribution in [-0.4, -0.2) is 40.7 Å². The lowest BCUT2D eigenvalue weighted by molar-refractivity contribution is -0.119. The van der Waals surface area contributed by atoms with Crippen molar-refractivity contribution in [1.29, 1.82) is 5.41 Å². The molecule has 5 nitrogen and oxygen atoms in total. The third kappa shape index (κ3) is 4.61. The number of carbonyl (C=O) groups is 1. The van der Waals surface area contributed by atoms with E-state index in [-0.39, 0.29) is 11.7 Å². The number of carbonyl (C=O) groups excluding carboxylic acids is 1. The third-order valence-corrected chi connectivity index (χ3v) is 7.82. The smallest absolute Gasteiger partial charge is 0.217 e. The predicted octanol–water partition coefficient (Wildman–Crippen LogP) is 5.27. The number of halogens is 1. The van der Waals surface area contributed by atoms with Crippen molar-refractivity contribution in [3.63, 3.8) is 0 Å². The number of fused-ring (bicyclic) bond motifs is 1. The molecule has 6 heteroatoms. The SMILES string of the molecule is CC(=O)NCc1c(C=N)c2cc(F)ccc2n1C1CCN([C@H]2CC[C@@H](C(C)C)CC2)CC1. The minimum Gasteiger partial charge on any atom is -0.351 e. The third-order valence-electron chi connectivity index (χ3n) is 7.82. The van der Waals surface area contributed by atoms with Crippen molar-refractivity contribution >= 4 is 23.0 Å². The summed E-state index contributed by atoms with van der Waals surface area (Å²) in [5.74, 6) is 1.27. The van der Waals surface area contributed by atoms with Crippen molar-refractivity contribution in [3.05, 3.63) is 35.3 Å². The Morgan fingerprint density at radius 2 is 1.84 bits per heavy atom. The van der Waals surface area contributed by atoms with E-state index in [0.29, 0.717) is 24.2 Å². The standard InChI is InChI=1S/C26H37FN4O/c1-17(2)19-4-7-21(8-5-19)30-12-10-22(11-13-30)31-25-9-6-20(27)14-23(25)24(15-28)26(31)16-29-18(3)32/h6,9,14-15,17,19,21-22,28H,4-5,7-8,10-13,16H2,1-3H3,(H,29,32)/t19-,21+. The van der Waals surface area contributed by atoms with Crippen LogP contribution in [0.15, 0.2) is 18.2 Å². The van der Waals surface area contributed by atoms with Gasteiger partial charge in [-0.15, -0.1) is 0 Å². The Labute approximate surface area is 190 Å². The maximum absolute atomic E-state index is 14.0. The summed E-state index contributed by atoms with van der Waals surface area (Å²) in [6.45, 7) is 8.71. The molecule has 2 aliphatic rings. The molecule has 1 aromatic carbocycles. The molecule has 2 aromatic rings. The van der Waals surface area contributed by atoms with E-state index < -0.39 is 0 Å². The van der Waals surface area contributed by atoms with Crippen LogP contribution in [0.5, 0.6) is 0 Å². The first-order valence-electron chi connectivity index (χ1n) is 12.2. The molecule has 4 rings (SSSR count). The highest BCUT2D eigenvalue weighted by Crippen LogP contribution is 2.37. The molecule has 2 fully saturated rings. The maximum Gasteiger partial charge on any atom is 0.217 e. The van der Waals surface area contributed by atoms with Crippen molar-refractivity contribution in [2.24, 2.45) is 11.8 Å². The summed E-state index contributed by atoms with van der Waals surface area (Å²) < 4.78 is 16.3. The largest absolute Gasteiger partial charge is 0.351 e. The second-order valence-electron chi connectivity index (χ2n) is 10.0. The summed E-state index contributed by atoms with van der Waals surface area (Å²) in [5, 5.41) is 11.6. The van der Waals surface area contributed by atoms with Gasteiger partial charge in [0.1, 0.15) is 5.82 Å². The number of rotatable bonds is 6. The number of amides is 1. The molecule has 0 radical (unpaired) electrons. The van der Waals surface area contributed by atoms with Crippen LogP contribution in [0.4, 0.5) is 4.39 Å². The van der Waals surface area contributed by atoms with Gasteiger partial charge in [-0.1, -0.05) is 13.8 Å². The Morgan fingerprint density at radius 1 is 1.16 bits per heavy atom. The minimum absolute atomic E-state index is 0.101. The van der Waals surface area contributed by atoms with E-state index in [1.54, 1.807) is 0 Å². The monoisotopic (exact) mass is 440 g/mol. The highest BCUT2D eigenvalue weighted by Gasteiger charge is 2.31. The Hall–Kier alpha value is -2.21. The van der Waals surface area contributed by atoms with Crippen molar-refractivity contribution in [2.75, 3.05) is 13.1 Å². The van der Waals surface area contributed by atoms with E-state index >= 15 is 0 Å². The van der Waals surface area contributed by atoms with Gasteiger partial charge in [0.15, 0.2) is 0 Å². The molecule has 0 bridgehead atoms. The molecular formula is C26H37FN4O. The number of benzene rings is 1. The van der Waals surface area contributed by atoms with Crippen molar-refractivity contribution in [1.82, 2.24) is 14.8 Å². The molecular weight excluding hydrogens is 403 g/mol. The van der Waals surface area contributed by atoms with Crippen molar-refractivity contribution in [3.8, 4) is 0 Å². The Balaban J connectivity index is 1.54. The zero-order valence-corrected chi connectivity index (χ0v) is 19.7. The van der Waals surface area contributed by atoms with Crippen LogP contribution in [0.3, 0.4) is 0 Å². The summed E-state index contributed by atoms with van der Waals surface area (Å²) in [7, 11) is 0. The zero-order valence-electron chi connectivity index (χ0n) is 19.7. The maximum atomic E-state index is 14.0. The molecule has 0 unspecified atom stereocenters. The van der Waals surface area contributed by atoms with Gasteiger partial charge in [0, 0.05) is 60.5 Å². The average Bonchev–Trinajstić information content (AvgIpc) is 3.10. The van der Waals surface area contributed by atoms with E-state index in [0.717, 1.165) is 54.4 Å². The Bertz CT molecular complexity index is 966. The number of nitrogens with zero attached hydrogens (tertiary/aromatic N) is 2. The number of hydrogen-bond acceptors (Lipinski definition) is 3. The number of likely N-dealkylation sites (tertiary alicyclic amines) is 1. The highest BCUT2D eigenvalue weighted by atomic mass is 19.1. The molecule has 2 heterocycles. The minimum atomic E-state index is -0.296. The summed E-state index contributed by atoms with van der Waals surface area (Å²) in [5.41, 5.74) is 2.58. The lowest BCUT2D eigenvalue weighted by Crippen LogP contribution is -2.44. The predicted molar refractivity (Wildman–Crippen MR) is 128 cm³/mol. The van der Waals surface area contributed by atoms with Crippen LogP contribution >= 0.6 is 0 Å². The van der Waals surface area contributed by atoms with E-state index in [1.165, 1.54) is 51.0 Å². The first kappa shape index (κ1) is 23.0. The number of piperidine rings is 1. The first-order valence-corrected chi connectivity index (χ1v) is 12.2. The van der Waals surface area contributed by atoms with Gasteiger partial charge in [-0.05, 0) is 68.6 Å².